The second kappa shape index (κ2) is 6.27. The van der Waals surface area contributed by atoms with E-state index in [4.69, 9.17) is 0 Å². The normalized spacial score (nSPS) is 20.8. The molecule has 1 aliphatic heterocycles. The minimum atomic E-state index is -0.0903. The molecule has 2 aliphatic rings. The number of aryl methyl sites for hydroxylation is 1. The van der Waals surface area contributed by atoms with Gasteiger partial charge in [0.2, 0.25) is 5.91 Å². The summed E-state index contributed by atoms with van der Waals surface area (Å²) in [4.78, 5) is 26.9. The topological polar surface area (TPSA) is 78.1 Å². The fraction of sp³-hybridized carbons (Fsp3) is 0.450. The molecule has 1 atom stereocenters. The van der Waals surface area contributed by atoms with Crippen LogP contribution >= 0.6 is 0 Å². The van der Waals surface area contributed by atoms with Crippen molar-refractivity contribution in [2.24, 2.45) is 0 Å². The largest absolute Gasteiger partial charge is 0.359 e. The molecule has 6 nitrogen and oxygen atoms in total. The first kappa shape index (κ1) is 16.8. The van der Waals surface area contributed by atoms with E-state index in [1.54, 1.807) is 13.1 Å². The molecule has 1 aromatic heterocycles. The predicted octanol–water partition coefficient (Wildman–Crippen LogP) is 2.13. The zero-order valence-corrected chi connectivity index (χ0v) is 15.2. The number of hydrogen-bond donors (Lipinski definition) is 2. The van der Waals surface area contributed by atoms with Crippen molar-refractivity contribution in [2.75, 3.05) is 20.1 Å². The first-order chi connectivity index (χ1) is 12.5. The van der Waals surface area contributed by atoms with Crippen molar-refractivity contribution in [2.45, 2.75) is 37.5 Å². The second-order valence-corrected chi connectivity index (χ2v) is 7.47. The molecule has 0 bridgehead atoms. The highest BCUT2D eigenvalue weighted by Crippen LogP contribution is 2.51. The average molecular weight is 352 g/mol. The third kappa shape index (κ3) is 2.60. The van der Waals surface area contributed by atoms with E-state index in [9.17, 15) is 9.59 Å². The Kier molecular flexibility index (Phi) is 4.05. The maximum atomic E-state index is 12.7. The zero-order chi connectivity index (χ0) is 18.3. The van der Waals surface area contributed by atoms with E-state index in [1.165, 1.54) is 5.56 Å². The Hall–Kier alpha value is -2.63. The minimum Gasteiger partial charge on any atom is -0.359 e. The maximum absolute atomic E-state index is 12.7. The van der Waals surface area contributed by atoms with Gasteiger partial charge in [-0.15, -0.1) is 0 Å². The summed E-state index contributed by atoms with van der Waals surface area (Å²) in [5, 5.41) is 9.73. The van der Waals surface area contributed by atoms with Gasteiger partial charge >= 0.3 is 0 Å². The number of nitrogens with one attached hydrogen (secondary N) is 2. The van der Waals surface area contributed by atoms with Crippen LogP contribution in [0.3, 0.4) is 0 Å². The number of rotatable bonds is 2. The predicted molar refractivity (Wildman–Crippen MR) is 98.0 cm³/mol. The van der Waals surface area contributed by atoms with Gasteiger partial charge < -0.3 is 10.2 Å². The molecule has 26 heavy (non-hydrogen) atoms. The van der Waals surface area contributed by atoms with Crippen LogP contribution in [0.1, 0.15) is 52.5 Å². The lowest BCUT2D eigenvalue weighted by molar-refractivity contribution is -0.122. The molecule has 136 valence electrons. The van der Waals surface area contributed by atoms with Crippen LogP contribution in [0.2, 0.25) is 0 Å². The fourth-order valence-corrected chi connectivity index (χ4v) is 4.60. The van der Waals surface area contributed by atoms with Crippen LogP contribution in [0, 0.1) is 6.92 Å². The van der Waals surface area contributed by atoms with E-state index in [1.807, 2.05) is 17.9 Å². The van der Waals surface area contributed by atoms with E-state index in [0.29, 0.717) is 18.8 Å². The number of piperidine rings is 1. The molecule has 0 radical (unpaired) electrons. The lowest BCUT2D eigenvalue weighted by atomic mass is 9.73. The van der Waals surface area contributed by atoms with Crippen molar-refractivity contribution in [3.63, 3.8) is 0 Å². The Morgan fingerprint density at radius 2 is 2.00 bits per heavy atom. The second-order valence-electron chi connectivity index (χ2n) is 7.47. The molecule has 2 amide bonds. The van der Waals surface area contributed by atoms with Gasteiger partial charge in [-0.05, 0) is 43.4 Å². The summed E-state index contributed by atoms with van der Waals surface area (Å²) in [6.45, 7) is 3.28. The Labute approximate surface area is 153 Å². The number of likely N-dealkylation sites (tertiary alicyclic amines) is 1. The van der Waals surface area contributed by atoms with Crippen molar-refractivity contribution in [3.05, 3.63) is 52.8 Å². The Morgan fingerprint density at radius 1 is 1.27 bits per heavy atom. The van der Waals surface area contributed by atoms with Crippen LogP contribution < -0.4 is 5.32 Å². The molecule has 2 heterocycles. The van der Waals surface area contributed by atoms with Crippen molar-refractivity contribution >= 4 is 11.8 Å². The lowest BCUT2D eigenvalue weighted by Gasteiger charge is -2.40. The van der Waals surface area contributed by atoms with E-state index in [2.05, 4.69) is 33.7 Å². The molecule has 1 saturated heterocycles. The molecule has 2 aromatic rings. The molecule has 0 saturated carbocycles. The van der Waals surface area contributed by atoms with Crippen molar-refractivity contribution in [3.8, 4) is 0 Å². The number of benzene rings is 1. The molecular formula is C20H24N4O2. The Bertz CT molecular complexity index is 849. The highest BCUT2D eigenvalue weighted by molar-refractivity contribution is 5.92. The van der Waals surface area contributed by atoms with Crippen molar-refractivity contribution < 1.29 is 9.59 Å². The van der Waals surface area contributed by atoms with Crippen LogP contribution in [0.5, 0.6) is 0 Å². The number of aromatic amines is 1. The molecular weight excluding hydrogens is 328 g/mol. The van der Waals surface area contributed by atoms with Crippen molar-refractivity contribution in [1.29, 1.82) is 0 Å². The molecule has 1 aromatic carbocycles. The number of hydrogen-bond acceptors (Lipinski definition) is 3. The number of fused-ring (bicyclic) bond motifs is 2. The van der Waals surface area contributed by atoms with E-state index in [-0.39, 0.29) is 23.1 Å². The quantitative estimate of drug-likeness (QED) is 0.869. The average Bonchev–Trinajstić information content (AvgIpc) is 3.24. The van der Waals surface area contributed by atoms with Gasteiger partial charge in [0.05, 0.1) is 5.92 Å². The SMILES string of the molecule is CNC(=O)[C@H]1CC2(CCN(C(=O)c3cc(C)[nH]n3)CC2)c2ccccc21. The summed E-state index contributed by atoms with van der Waals surface area (Å²) in [5.41, 5.74) is 3.80. The molecule has 0 unspecified atom stereocenters. The highest BCUT2D eigenvalue weighted by atomic mass is 16.2. The molecule has 2 N–H and O–H groups in total. The third-order valence-electron chi connectivity index (χ3n) is 6.00. The number of likely N-dealkylation sites (N-methyl/N-ethyl adjacent to an activating group) is 1. The van der Waals surface area contributed by atoms with Gasteiger partial charge in [-0.3, -0.25) is 14.7 Å². The number of nitrogens with zero attached hydrogens (tertiary/aromatic N) is 2. The summed E-state index contributed by atoms with van der Waals surface area (Å²) in [7, 11) is 1.70. The monoisotopic (exact) mass is 352 g/mol. The fourth-order valence-electron chi connectivity index (χ4n) is 4.60. The Morgan fingerprint density at radius 3 is 2.65 bits per heavy atom. The summed E-state index contributed by atoms with van der Waals surface area (Å²) in [6.07, 6.45) is 2.59. The zero-order valence-electron chi connectivity index (χ0n) is 15.2. The number of aromatic nitrogens is 2. The van der Waals surface area contributed by atoms with Gasteiger partial charge in [0, 0.05) is 31.2 Å². The Balaban J connectivity index is 1.55. The van der Waals surface area contributed by atoms with E-state index in [0.717, 1.165) is 30.5 Å². The minimum absolute atomic E-state index is 0.00790. The van der Waals surface area contributed by atoms with Gasteiger partial charge in [0.15, 0.2) is 0 Å². The standard InChI is InChI=1S/C20H24N4O2/c1-13-11-17(23-22-13)19(26)24-9-7-20(8-10-24)12-15(18(25)21-2)14-5-3-4-6-16(14)20/h3-6,11,15H,7-10,12H2,1-2H3,(H,21,25)(H,22,23)/t15-/m0/s1. The summed E-state index contributed by atoms with van der Waals surface area (Å²) in [6, 6.07) is 10.1. The molecule has 1 aliphatic carbocycles. The number of amides is 2. The lowest BCUT2D eigenvalue weighted by Crippen LogP contribution is -2.44. The number of H-pyrrole nitrogens is 1. The summed E-state index contributed by atoms with van der Waals surface area (Å²) < 4.78 is 0. The third-order valence-corrected chi connectivity index (χ3v) is 6.00. The van der Waals surface area contributed by atoms with Crippen molar-refractivity contribution in [1.82, 2.24) is 20.4 Å². The van der Waals surface area contributed by atoms with Crippen LogP contribution in [-0.4, -0.2) is 47.0 Å². The van der Waals surface area contributed by atoms with Gasteiger partial charge in [0.1, 0.15) is 5.69 Å². The summed E-state index contributed by atoms with van der Waals surface area (Å²) >= 11 is 0. The smallest absolute Gasteiger partial charge is 0.274 e. The maximum Gasteiger partial charge on any atom is 0.274 e. The van der Waals surface area contributed by atoms with E-state index < -0.39 is 0 Å². The first-order valence-corrected chi connectivity index (χ1v) is 9.16. The molecule has 4 rings (SSSR count). The van der Waals surface area contributed by atoms with Crippen LogP contribution in [0.4, 0.5) is 0 Å². The molecule has 6 heteroatoms. The van der Waals surface area contributed by atoms with Crippen LogP contribution in [0.15, 0.2) is 30.3 Å². The van der Waals surface area contributed by atoms with E-state index >= 15 is 0 Å². The van der Waals surface area contributed by atoms with Gasteiger partial charge in [-0.1, -0.05) is 24.3 Å². The molecule has 1 spiro atoms. The highest BCUT2D eigenvalue weighted by Gasteiger charge is 2.47. The summed E-state index contributed by atoms with van der Waals surface area (Å²) in [5.74, 6) is -0.0226. The van der Waals surface area contributed by atoms with Crippen LogP contribution in [-0.2, 0) is 10.2 Å². The molecule has 1 fully saturated rings. The van der Waals surface area contributed by atoms with Gasteiger partial charge in [-0.2, -0.15) is 5.10 Å². The number of carbonyl (C=O) groups is 2. The number of carbonyl (C=O) groups excluding carboxylic acids is 2. The van der Waals surface area contributed by atoms with Gasteiger partial charge in [0.25, 0.3) is 5.91 Å². The van der Waals surface area contributed by atoms with Gasteiger partial charge in [-0.25, -0.2) is 0 Å². The first-order valence-electron chi connectivity index (χ1n) is 9.16. The van der Waals surface area contributed by atoms with Crippen LogP contribution in [0.25, 0.3) is 0 Å².